The Morgan fingerprint density at radius 1 is 0.931 bits per heavy atom. The Kier molecular flexibility index (Phi) is 6.75. The molecule has 0 saturated heterocycles. The number of amides is 2. The van der Waals surface area contributed by atoms with E-state index in [4.69, 9.17) is 20.9 Å². The Balaban J connectivity index is 1.62. The van der Waals surface area contributed by atoms with Crippen LogP contribution in [0.1, 0.15) is 23.2 Å². The van der Waals surface area contributed by atoms with Crippen molar-refractivity contribution >= 4 is 33.7 Å². The lowest BCUT2D eigenvalue weighted by Crippen LogP contribution is -2.14. The molecule has 0 aliphatic heterocycles. The topological polar surface area (TPSA) is 140 Å². The molecule has 9 heteroatoms. The monoisotopic (exact) mass is 398 g/mol. The Morgan fingerprint density at radius 3 is 2.55 bits per heavy atom. The number of primary amides is 2. The molecule has 0 bridgehead atoms. The zero-order chi connectivity index (χ0) is 20.6. The second-order valence-electron chi connectivity index (χ2n) is 6.27. The summed E-state index contributed by atoms with van der Waals surface area (Å²) in [5, 5.41) is 2.56. The van der Waals surface area contributed by atoms with Crippen LogP contribution in [0.2, 0.25) is 0 Å². The summed E-state index contributed by atoms with van der Waals surface area (Å²) >= 11 is 0. The van der Waals surface area contributed by atoms with E-state index in [-0.39, 0.29) is 6.61 Å². The van der Waals surface area contributed by atoms with Crippen LogP contribution in [0.25, 0.3) is 21.7 Å². The largest absolute Gasteiger partial charge is 0.475 e. The van der Waals surface area contributed by atoms with E-state index in [0.717, 1.165) is 22.6 Å². The number of ether oxygens (including phenoxy) is 3. The van der Waals surface area contributed by atoms with Gasteiger partial charge in [0.15, 0.2) is 0 Å². The first-order valence-electron chi connectivity index (χ1n) is 9.16. The van der Waals surface area contributed by atoms with Crippen LogP contribution in [-0.4, -0.2) is 48.4 Å². The third-order valence-electron chi connectivity index (χ3n) is 4.24. The second-order valence-corrected chi connectivity index (χ2v) is 6.27. The van der Waals surface area contributed by atoms with Gasteiger partial charge >= 0.3 is 6.09 Å². The number of hydrogen-bond donors (Lipinski definition) is 2. The van der Waals surface area contributed by atoms with Crippen LogP contribution in [0.4, 0.5) is 4.79 Å². The SMILES string of the molecule is NC(=O)OCCCCOCCOc1nc2cc(C(N)=O)ccc2c2cnccc12. The minimum Gasteiger partial charge on any atom is -0.475 e. The summed E-state index contributed by atoms with van der Waals surface area (Å²) < 4.78 is 16.0. The molecule has 2 heterocycles. The van der Waals surface area contributed by atoms with Crippen molar-refractivity contribution in [2.45, 2.75) is 12.8 Å². The van der Waals surface area contributed by atoms with Gasteiger partial charge in [0, 0.05) is 40.7 Å². The maximum absolute atomic E-state index is 11.5. The van der Waals surface area contributed by atoms with Gasteiger partial charge in [0.1, 0.15) is 6.61 Å². The minimum atomic E-state index is -0.771. The van der Waals surface area contributed by atoms with E-state index in [1.807, 2.05) is 6.07 Å². The Bertz CT molecular complexity index is 1020. The van der Waals surface area contributed by atoms with Crippen molar-refractivity contribution in [2.75, 3.05) is 26.4 Å². The number of pyridine rings is 2. The maximum atomic E-state index is 11.5. The number of benzene rings is 1. The molecule has 0 aliphatic carbocycles. The Labute approximate surface area is 166 Å². The van der Waals surface area contributed by atoms with Gasteiger partial charge in [-0.3, -0.25) is 9.78 Å². The number of carbonyl (C=O) groups excluding carboxylic acids is 2. The highest BCUT2D eigenvalue weighted by Gasteiger charge is 2.11. The van der Waals surface area contributed by atoms with Crippen LogP contribution in [0.5, 0.6) is 5.88 Å². The van der Waals surface area contributed by atoms with Crippen LogP contribution in [0.3, 0.4) is 0 Å². The molecule has 3 rings (SSSR count). The second kappa shape index (κ2) is 9.65. The van der Waals surface area contributed by atoms with Gasteiger partial charge in [-0.1, -0.05) is 6.07 Å². The molecule has 3 aromatic rings. The summed E-state index contributed by atoms with van der Waals surface area (Å²) in [5.41, 5.74) is 11.2. The van der Waals surface area contributed by atoms with Gasteiger partial charge in [-0.25, -0.2) is 9.78 Å². The lowest BCUT2D eigenvalue weighted by atomic mass is 10.1. The highest BCUT2D eigenvalue weighted by atomic mass is 16.5. The number of unbranched alkanes of at least 4 members (excludes halogenated alkanes) is 1. The van der Waals surface area contributed by atoms with Crippen LogP contribution >= 0.6 is 0 Å². The molecule has 0 spiro atoms. The number of hydrogen-bond acceptors (Lipinski definition) is 7. The summed E-state index contributed by atoms with van der Waals surface area (Å²) in [5.74, 6) is -0.0768. The molecular formula is C20H22N4O5. The molecule has 0 atom stereocenters. The van der Waals surface area contributed by atoms with Crippen molar-refractivity contribution < 1.29 is 23.8 Å². The molecule has 0 aliphatic rings. The van der Waals surface area contributed by atoms with Crippen LogP contribution in [0, 0.1) is 0 Å². The van der Waals surface area contributed by atoms with Gasteiger partial charge in [0.05, 0.1) is 18.7 Å². The van der Waals surface area contributed by atoms with Crippen molar-refractivity contribution in [2.24, 2.45) is 11.5 Å². The average Bonchev–Trinajstić information content (AvgIpc) is 2.71. The molecule has 2 amide bonds. The quantitative estimate of drug-likeness (QED) is 0.394. The third kappa shape index (κ3) is 5.29. The molecule has 0 radical (unpaired) electrons. The van der Waals surface area contributed by atoms with Crippen molar-refractivity contribution in [1.29, 1.82) is 0 Å². The fourth-order valence-electron chi connectivity index (χ4n) is 2.86. The van der Waals surface area contributed by atoms with Crippen molar-refractivity contribution in [3.8, 4) is 5.88 Å². The summed E-state index contributed by atoms with van der Waals surface area (Å²) in [6.07, 6.45) is 4.06. The summed E-state index contributed by atoms with van der Waals surface area (Å²) in [4.78, 5) is 30.6. The van der Waals surface area contributed by atoms with E-state index in [0.29, 0.717) is 43.2 Å². The molecule has 152 valence electrons. The first-order valence-corrected chi connectivity index (χ1v) is 9.16. The van der Waals surface area contributed by atoms with E-state index >= 15 is 0 Å². The summed E-state index contributed by atoms with van der Waals surface area (Å²) in [7, 11) is 0. The maximum Gasteiger partial charge on any atom is 0.404 e. The van der Waals surface area contributed by atoms with Gasteiger partial charge in [0.2, 0.25) is 11.8 Å². The molecule has 0 fully saturated rings. The predicted molar refractivity (Wildman–Crippen MR) is 107 cm³/mol. The molecule has 29 heavy (non-hydrogen) atoms. The van der Waals surface area contributed by atoms with Gasteiger partial charge in [0.25, 0.3) is 0 Å². The summed E-state index contributed by atoms with van der Waals surface area (Å²) in [6, 6.07) is 6.95. The van der Waals surface area contributed by atoms with Crippen LogP contribution in [0.15, 0.2) is 36.7 Å². The van der Waals surface area contributed by atoms with Crippen molar-refractivity contribution in [1.82, 2.24) is 9.97 Å². The molecule has 0 unspecified atom stereocenters. The van der Waals surface area contributed by atoms with Gasteiger partial charge in [-0.15, -0.1) is 0 Å². The third-order valence-corrected chi connectivity index (χ3v) is 4.24. The summed E-state index contributed by atoms with van der Waals surface area (Å²) in [6.45, 7) is 1.49. The molecule has 2 aromatic heterocycles. The lowest BCUT2D eigenvalue weighted by molar-refractivity contribution is 0.0914. The number of aromatic nitrogens is 2. The predicted octanol–water partition coefficient (Wildman–Crippen LogP) is 2.15. The molecule has 9 nitrogen and oxygen atoms in total. The van der Waals surface area contributed by atoms with E-state index in [2.05, 4.69) is 14.7 Å². The smallest absolute Gasteiger partial charge is 0.404 e. The minimum absolute atomic E-state index is 0.281. The van der Waals surface area contributed by atoms with Gasteiger partial charge in [-0.2, -0.15) is 0 Å². The van der Waals surface area contributed by atoms with Gasteiger partial charge < -0.3 is 25.7 Å². The standard InChI is InChI=1S/C20H22N4O5/c21-18(25)13-3-4-14-16-12-23-6-5-15(16)19(24-17(14)11-13)28-10-9-27-7-1-2-8-29-20(22)26/h3-6,11-12H,1-2,7-10H2,(H2,21,25)(H2,22,26). The molecule has 1 aromatic carbocycles. The Morgan fingerprint density at radius 2 is 1.76 bits per heavy atom. The van der Waals surface area contributed by atoms with E-state index in [9.17, 15) is 9.59 Å². The number of carbonyl (C=O) groups is 2. The number of rotatable bonds is 10. The molecule has 4 N–H and O–H groups in total. The van der Waals surface area contributed by atoms with Crippen LogP contribution < -0.4 is 16.2 Å². The van der Waals surface area contributed by atoms with E-state index < -0.39 is 12.0 Å². The van der Waals surface area contributed by atoms with Crippen molar-refractivity contribution in [3.63, 3.8) is 0 Å². The van der Waals surface area contributed by atoms with Crippen molar-refractivity contribution in [3.05, 3.63) is 42.2 Å². The number of fused-ring (bicyclic) bond motifs is 3. The fraction of sp³-hybridized carbons (Fsp3) is 0.300. The Hall–Kier alpha value is -3.46. The molecular weight excluding hydrogens is 376 g/mol. The normalized spacial score (nSPS) is 10.9. The number of nitrogens with two attached hydrogens (primary N) is 2. The first kappa shape index (κ1) is 20.3. The fourth-order valence-corrected chi connectivity index (χ4v) is 2.86. The van der Waals surface area contributed by atoms with E-state index in [1.54, 1.807) is 30.6 Å². The van der Waals surface area contributed by atoms with Crippen LogP contribution in [-0.2, 0) is 9.47 Å². The first-order chi connectivity index (χ1) is 14.1. The van der Waals surface area contributed by atoms with Gasteiger partial charge in [-0.05, 0) is 31.0 Å². The van der Waals surface area contributed by atoms with E-state index in [1.165, 1.54) is 0 Å². The molecule has 0 saturated carbocycles. The number of nitrogens with zero attached hydrogens (tertiary/aromatic N) is 2. The highest BCUT2D eigenvalue weighted by molar-refractivity contribution is 6.09. The average molecular weight is 398 g/mol. The lowest BCUT2D eigenvalue weighted by Gasteiger charge is -2.11. The zero-order valence-electron chi connectivity index (χ0n) is 15.8. The zero-order valence-corrected chi connectivity index (χ0v) is 15.8. The highest BCUT2D eigenvalue weighted by Crippen LogP contribution is 2.30.